The fourth-order valence-electron chi connectivity index (χ4n) is 4.03. The number of aliphatic carboxylic acids is 1. The Morgan fingerprint density at radius 3 is 2.38 bits per heavy atom. The first-order valence-electron chi connectivity index (χ1n) is 9.95. The van der Waals surface area contributed by atoms with Gasteiger partial charge in [-0.15, -0.1) is 4.91 Å². The number of nitroso groups, excluding NO2 is 1. The van der Waals surface area contributed by atoms with Crippen molar-refractivity contribution in [2.75, 3.05) is 19.1 Å². The van der Waals surface area contributed by atoms with Gasteiger partial charge in [-0.2, -0.15) is 0 Å². The van der Waals surface area contributed by atoms with E-state index in [1.165, 1.54) is 7.11 Å². The summed E-state index contributed by atoms with van der Waals surface area (Å²) in [5, 5.41) is 13.2. The maximum Gasteiger partial charge on any atom is 0.335 e. The zero-order chi connectivity index (χ0) is 22.7. The zero-order valence-corrected chi connectivity index (χ0v) is 17.5. The number of carboxylic acid groups (broad SMARTS) is 1. The molecule has 3 aromatic carbocycles. The number of carboxylic acids is 1. The molecule has 3 aromatic rings. The summed E-state index contributed by atoms with van der Waals surface area (Å²) in [5.41, 5.74) is 1.97. The highest BCUT2D eigenvalue weighted by atomic mass is 16.6. The van der Waals surface area contributed by atoms with Gasteiger partial charge in [-0.05, 0) is 35.0 Å². The van der Waals surface area contributed by atoms with E-state index in [1.807, 2.05) is 30.3 Å². The Hall–Kier alpha value is -3.91. The molecule has 0 amide bonds. The standard InChI is InChI=1S/C24H22N2O6/c1-30-16-12-13-17(20(14-16)31-2)23-26(19-11-7-6-10-18(19)25-29)21(22(32-23)24(27)28)15-8-4-3-5-9-15/h3-14,21-23H,1-2H3,(H,27,28)/t21-,22?,23?/m0/s1. The van der Waals surface area contributed by atoms with Crippen LogP contribution in [0.15, 0.2) is 78.0 Å². The van der Waals surface area contributed by atoms with Crippen LogP contribution >= 0.6 is 0 Å². The van der Waals surface area contributed by atoms with Gasteiger partial charge in [0.2, 0.25) is 0 Å². The van der Waals surface area contributed by atoms with Gasteiger partial charge in [0.1, 0.15) is 17.2 Å². The Morgan fingerprint density at radius 1 is 1.00 bits per heavy atom. The van der Waals surface area contributed by atoms with E-state index < -0.39 is 24.3 Å². The minimum Gasteiger partial charge on any atom is -0.497 e. The number of methoxy groups -OCH3 is 2. The molecule has 4 rings (SSSR count). The van der Waals surface area contributed by atoms with E-state index in [-0.39, 0.29) is 5.69 Å². The van der Waals surface area contributed by atoms with Crippen molar-refractivity contribution < 1.29 is 24.1 Å². The van der Waals surface area contributed by atoms with Crippen LogP contribution in [0.3, 0.4) is 0 Å². The van der Waals surface area contributed by atoms with Crippen LogP contribution in [0.2, 0.25) is 0 Å². The molecule has 0 radical (unpaired) electrons. The first-order chi connectivity index (χ1) is 15.6. The highest BCUT2D eigenvalue weighted by Crippen LogP contribution is 2.50. The van der Waals surface area contributed by atoms with Crippen molar-refractivity contribution in [1.82, 2.24) is 0 Å². The van der Waals surface area contributed by atoms with E-state index >= 15 is 0 Å². The number of rotatable bonds is 7. The van der Waals surface area contributed by atoms with Gasteiger partial charge in [-0.1, -0.05) is 42.5 Å². The molecule has 1 aliphatic rings. The summed E-state index contributed by atoms with van der Waals surface area (Å²) in [5.74, 6) is -0.0661. The predicted octanol–water partition coefficient (Wildman–Crippen LogP) is 4.83. The van der Waals surface area contributed by atoms with E-state index in [0.29, 0.717) is 22.7 Å². The zero-order valence-electron chi connectivity index (χ0n) is 17.5. The molecule has 0 spiro atoms. The molecule has 1 heterocycles. The lowest BCUT2D eigenvalue weighted by Crippen LogP contribution is -2.32. The van der Waals surface area contributed by atoms with Crippen LogP contribution < -0.4 is 14.4 Å². The van der Waals surface area contributed by atoms with Crippen molar-refractivity contribution in [2.24, 2.45) is 5.18 Å². The van der Waals surface area contributed by atoms with E-state index in [0.717, 1.165) is 5.56 Å². The van der Waals surface area contributed by atoms with E-state index in [1.54, 1.807) is 54.5 Å². The van der Waals surface area contributed by atoms with E-state index in [4.69, 9.17) is 14.2 Å². The molecule has 8 nitrogen and oxygen atoms in total. The monoisotopic (exact) mass is 434 g/mol. The summed E-state index contributed by atoms with van der Waals surface area (Å²) in [6.45, 7) is 0. The quantitative estimate of drug-likeness (QED) is 0.532. The third kappa shape index (κ3) is 3.76. The molecule has 0 aliphatic carbocycles. The van der Waals surface area contributed by atoms with Crippen LogP contribution in [-0.2, 0) is 9.53 Å². The first kappa shape index (κ1) is 21.3. The summed E-state index contributed by atoms with van der Waals surface area (Å²) in [4.78, 5) is 25.7. The van der Waals surface area contributed by atoms with Gasteiger partial charge in [0.25, 0.3) is 0 Å². The van der Waals surface area contributed by atoms with Crippen molar-refractivity contribution in [3.05, 3.63) is 88.8 Å². The minimum atomic E-state index is -1.20. The summed E-state index contributed by atoms with van der Waals surface area (Å²) < 4.78 is 17.0. The molecule has 32 heavy (non-hydrogen) atoms. The van der Waals surface area contributed by atoms with Gasteiger partial charge in [0.05, 0.1) is 25.9 Å². The molecular weight excluding hydrogens is 412 g/mol. The summed E-state index contributed by atoms with van der Waals surface area (Å²) >= 11 is 0. The second kappa shape index (κ2) is 9.07. The van der Waals surface area contributed by atoms with E-state index in [2.05, 4.69) is 5.18 Å². The van der Waals surface area contributed by atoms with Crippen LogP contribution in [0.5, 0.6) is 11.5 Å². The van der Waals surface area contributed by atoms with Crippen LogP contribution in [-0.4, -0.2) is 31.4 Å². The number of hydrogen-bond acceptors (Lipinski definition) is 7. The molecule has 8 heteroatoms. The van der Waals surface area contributed by atoms with Crippen LogP contribution in [0.1, 0.15) is 23.4 Å². The molecule has 0 bridgehead atoms. The number of ether oxygens (including phenoxy) is 3. The SMILES string of the molecule is COc1ccc(C2OC(C(=O)O)[C@H](c3ccccc3)N2c2ccccc2N=O)c(OC)c1. The molecule has 1 N–H and O–H groups in total. The molecule has 3 atom stereocenters. The van der Waals surface area contributed by atoms with Crippen molar-refractivity contribution in [3.63, 3.8) is 0 Å². The maximum absolute atomic E-state index is 12.3. The Kier molecular flexibility index (Phi) is 6.04. The highest BCUT2D eigenvalue weighted by molar-refractivity contribution is 5.78. The average molecular weight is 434 g/mol. The fourth-order valence-corrected chi connectivity index (χ4v) is 4.03. The molecule has 1 saturated heterocycles. The maximum atomic E-state index is 12.3. The second-order valence-corrected chi connectivity index (χ2v) is 7.20. The lowest BCUT2D eigenvalue weighted by Gasteiger charge is -2.32. The van der Waals surface area contributed by atoms with Gasteiger partial charge in [-0.3, -0.25) is 0 Å². The molecule has 1 fully saturated rings. The van der Waals surface area contributed by atoms with Crippen molar-refractivity contribution >= 4 is 17.3 Å². The van der Waals surface area contributed by atoms with Crippen LogP contribution in [0.25, 0.3) is 0 Å². The Labute approximate surface area is 184 Å². The molecule has 1 aliphatic heterocycles. The van der Waals surface area contributed by atoms with Gasteiger partial charge in [0, 0.05) is 11.6 Å². The smallest absolute Gasteiger partial charge is 0.335 e. The lowest BCUT2D eigenvalue weighted by atomic mass is 9.99. The van der Waals surface area contributed by atoms with Crippen molar-refractivity contribution in [3.8, 4) is 11.5 Å². The average Bonchev–Trinajstić information content (AvgIpc) is 3.24. The number of hydrogen-bond donors (Lipinski definition) is 1. The third-order valence-electron chi connectivity index (χ3n) is 5.46. The van der Waals surface area contributed by atoms with Gasteiger partial charge < -0.3 is 24.2 Å². The molecule has 0 saturated carbocycles. The third-order valence-corrected chi connectivity index (χ3v) is 5.46. The summed E-state index contributed by atoms with van der Waals surface area (Å²) in [6.07, 6.45) is -2.06. The fraction of sp³-hybridized carbons (Fsp3) is 0.208. The topological polar surface area (TPSA) is 97.7 Å². The molecule has 2 unspecified atom stereocenters. The lowest BCUT2D eigenvalue weighted by molar-refractivity contribution is -0.150. The Bertz CT molecular complexity index is 1120. The van der Waals surface area contributed by atoms with Crippen LogP contribution in [0, 0.1) is 4.91 Å². The number of para-hydroxylation sites is 1. The van der Waals surface area contributed by atoms with Crippen molar-refractivity contribution in [2.45, 2.75) is 18.4 Å². The largest absolute Gasteiger partial charge is 0.497 e. The Balaban J connectivity index is 1.94. The second-order valence-electron chi connectivity index (χ2n) is 7.20. The molecule has 0 aromatic heterocycles. The number of anilines is 1. The van der Waals surface area contributed by atoms with Gasteiger partial charge >= 0.3 is 5.97 Å². The highest BCUT2D eigenvalue weighted by Gasteiger charge is 2.49. The summed E-state index contributed by atoms with van der Waals surface area (Å²) in [6, 6.07) is 20.5. The van der Waals surface area contributed by atoms with Gasteiger partial charge in [0.15, 0.2) is 12.3 Å². The minimum absolute atomic E-state index is 0.181. The molecule has 164 valence electrons. The van der Waals surface area contributed by atoms with Gasteiger partial charge in [-0.25, -0.2) is 4.79 Å². The Morgan fingerprint density at radius 2 is 1.72 bits per heavy atom. The first-order valence-corrected chi connectivity index (χ1v) is 9.95. The van der Waals surface area contributed by atoms with E-state index in [9.17, 15) is 14.8 Å². The number of nitrogens with zero attached hydrogens (tertiary/aromatic N) is 2. The normalized spacial score (nSPS) is 20.1. The summed E-state index contributed by atoms with van der Waals surface area (Å²) in [7, 11) is 3.06. The predicted molar refractivity (Wildman–Crippen MR) is 118 cm³/mol. The number of benzene rings is 3. The molecular formula is C24H22N2O6. The number of carbonyl (C=O) groups is 1. The van der Waals surface area contributed by atoms with Crippen LogP contribution in [0.4, 0.5) is 11.4 Å². The van der Waals surface area contributed by atoms with Crippen molar-refractivity contribution in [1.29, 1.82) is 0 Å².